The zero-order valence-electron chi connectivity index (χ0n) is 10.8. The van der Waals surface area contributed by atoms with Crippen molar-refractivity contribution in [1.82, 2.24) is 15.6 Å². The van der Waals surface area contributed by atoms with Crippen LogP contribution in [0.3, 0.4) is 0 Å². The third-order valence-electron chi connectivity index (χ3n) is 3.05. The van der Waals surface area contributed by atoms with Crippen LogP contribution in [-0.2, 0) is 11.3 Å². The van der Waals surface area contributed by atoms with Crippen LogP contribution in [0.2, 0.25) is 0 Å². The van der Waals surface area contributed by atoms with E-state index in [1.165, 1.54) is 0 Å². The molecule has 1 unspecified atom stereocenters. The number of piperidine rings is 1. The van der Waals surface area contributed by atoms with Crippen LogP contribution in [-0.4, -0.2) is 30.6 Å². The van der Waals surface area contributed by atoms with Crippen molar-refractivity contribution in [2.75, 3.05) is 13.7 Å². The van der Waals surface area contributed by atoms with E-state index >= 15 is 0 Å². The molecule has 0 aromatic carbocycles. The van der Waals surface area contributed by atoms with Crippen LogP contribution in [0.5, 0.6) is 5.75 Å². The average Bonchev–Trinajstić information content (AvgIpc) is 2.37. The van der Waals surface area contributed by atoms with Gasteiger partial charge in [0.2, 0.25) is 5.91 Å². The molecule has 1 saturated heterocycles. The molecule has 1 amide bonds. The summed E-state index contributed by atoms with van der Waals surface area (Å²) in [4.78, 5) is 15.5. The molecule has 1 atom stereocenters. The van der Waals surface area contributed by atoms with E-state index < -0.39 is 0 Å². The number of amides is 1. The number of hydrogen-bond acceptors (Lipinski definition) is 4. The predicted octanol–water partition coefficient (Wildman–Crippen LogP) is 0.767. The highest BCUT2D eigenvalue weighted by Gasteiger charge is 2.17. The molecule has 1 aromatic heterocycles. The summed E-state index contributed by atoms with van der Waals surface area (Å²) in [5.41, 5.74) is 1.91. The van der Waals surface area contributed by atoms with Crippen LogP contribution >= 0.6 is 0 Å². The van der Waals surface area contributed by atoms with E-state index in [-0.39, 0.29) is 5.91 Å². The highest BCUT2D eigenvalue weighted by atomic mass is 16.5. The number of pyridine rings is 1. The van der Waals surface area contributed by atoms with Gasteiger partial charge in [0.15, 0.2) is 0 Å². The summed E-state index contributed by atoms with van der Waals surface area (Å²) < 4.78 is 5.22. The lowest BCUT2D eigenvalue weighted by atomic mass is 10.1. The van der Waals surface area contributed by atoms with E-state index in [9.17, 15) is 4.79 Å². The summed E-state index contributed by atoms with van der Waals surface area (Å²) in [7, 11) is 1.66. The Hall–Kier alpha value is -1.62. The standard InChI is InChI=1S/C13H19N3O2/c1-9-5-12(18-2)6-11(16-9)8-14-10-3-4-13(17)15-7-10/h5-6,10,14H,3-4,7-8H2,1-2H3,(H,15,17). The third kappa shape index (κ3) is 3.43. The molecule has 2 N–H and O–H groups in total. The smallest absolute Gasteiger partial charge is 0.220 e. The number of nitrogens with zero attached hydrogens (tertiary/aromatic N) is 1. The monoisotopic (exact) mass is 249 g/mol. The van der Waals surface area contributed by atoms with Gasteiger partial charge < -0.3 is 15.4 Å². The maximum Gasteiger partial charge on any atom is 0.220 e. The van der Waals surface area contributed by atoms with Crippen LogP contribution in [0.4, 0.5) is 0 Å². The lowest BCUT2D eigenvalue weighted by molar-refractivity contribution is -0.122. The Balaban J connectivity index is 1.89. The Kier molecular flexibility index (Phi) is 4.15. The fourth-order valence-corrected chi connectivity index (χ4v) is 2.07. The van der Waals surface area contributed by atoms with Crippen LogP contribution < -0.4 is 15.4 Å². The molecule has 0 radical (unpaired) electrons. The van der Waals surface area contributed by atoms with Gasteiger partial charge in [-0.1, -0.05) is 0 Å². The number of hydrogen-bond donors (Lipinski definition) is 2. The Morgan fingerprint density at radius 3 is 3.06 bits per heavy atom. The first-order chi connectivity index (χ1) is 8.67. The van der Waals surface area contributed by atoms with Crippen molar-refractivity contribution in [2.45, 2.75) is 32.4 Å². The number of carbonyl (C=O) groups is 1. The van der Waals surface area contributed by atoms with Crippen LogP contribution in [0.25, 0.3) is 0 Å². The number of aryl methyl sites for hydroxylation is 1. The molecule has 0 spiro atoms. The number of nitrogens with one attached hydrogen (secondary N) is 2. The molecule has 0 bridgehead atoms. The molecular formula is C13H19N3O2. The van der Waals surface area contributed by atoms with Crippen LogP contribution in [0.1, 0.15) is 24.2 Å². The van der Waals surface area contributed by atoms with Gasteiger partial charge in [0.25, 0.3) is 0 Å². The Morgan fingerprint density at radius 1 is 1.56 bits per heavy atom. The zero-order chi connectivity index (χ0) is 13.0. The normalized spacial score (nSPS) is 19.4. The summed E-state index contributed by atoms with van der Waals surface area (Å²) in [6, 6.07) is 4.17. The first-order valence-electron chi connectivity index (χ1n) is 6.19. The third-order valence-corrected chi connectivity index (χ3v) is 3.05. The van der Waals surface area contributed by atoms with Gasteiger partial charge in [-0.2, -0.15) is 0 Å². The van der Waals surface area contributed by atoms with Gasteiger partial charge in [-0.05, 0) is 13.3 Å². The molecule has 5 nitrogen and oxygen atoms in total. The van der Waals surface area contributed by atoms with E-state index in [1.807, 2.05) is 19.1 Å². The largest absolute Gasteiger partial charge is 0.497 e. The maximum absolute atomic E-state index is 11.0. The second-order valence-electron chi connectivity index (χ2n) is 4.56. The molecule has 1 aliphatic rings. The second kappa shape index (κ2) is 5.82. The zero-order valence-corrected chi connectivity index (χ0v) is 10.8. The van der Waals surface area contributed by atoms with E-state index in [4.69, 9.17) is 4.74 Å². The minimum atomic E-state index is 0.142. The minimum absolute atomic E-state index is 0.142. The van der Waals surface area contributed by atoms with E-state index in [1.54, 1.807) is 7.11 Å². The van der Waals surface area contributed by atoms with Gasteiger partial charge in [0, 0.05) is 43.4 Å². The van der Waals surface area contributed by atoms with Crippen molar-refractivity contribution in [3.05, 3.63) is 23.5 Å². The first kappa shape index (κ1) is 12.8. The van der Waals surface area contributed by atoms with Crippen molar-refractivity contribution in [3.63, 3.8) is 0 Å². The Bertz CT molecular complexity index is 424. The summed E-state index contributed by atoms with van der Waals surface area (Å²) in [5.74, 6) is 0.972. The molecular weight excluding hydrogens is 230 g/mol. The van der Waals surface area contributed by atoms with E-state index in [0.717, 1.165) is 23.6 Å². The molecule has 1 aromatic rings. The van der Waals surface area contributed by atoms with Crippen molar-refractivity contribution in [2.24, 2.45) is 0 Å². The summed E-state index contributed by atoms with van der Waals surface area (Å²) >= 11 is 0. The summed E-state index contributed by atoms with van der Waals surface area (Å²) in [5, 5.41) is 6.26. The van der Waals surface area contributed by atoms with Crippen molar-refractivity contribution < 1.29 is 9.53 Å². The highest BCUT2D eigenvalue weighted by molar-refractivity contribution is 5.76. The van der Waals surface area contributed by atoms with Gasteiger partial charge in [-0.15, -0.1) is 0 Å². The van der Waals surface area contributed by atoms with Gasteiger partial charge in [-0.25, -0.2) is 0 Å². The van der Waals surface area contributed by atoms with Crippen molar-refractivity contribution in [1.29, 1.82) is 0 Å². The molecule has 18 heavy (non-hydrogen) atoms. The molecule has 2 rings (SSSR count). The summed E-state index contributed by atoms with van der Waals surface area (Å²) in [6.45, 7) is 3.34. The van der Waals surface area contributed by atoms with E-state index in [0.29, 0.717) is 25.6 Å². The Labute approximate surface area is 107 Å². The number of carbonyl (C=O) groups excluding carboxylic acids is 1. The molecule has 98 valence electrons. The van der Waals surface area contributed by atoms with E-state index in [2.05, 4.69) is 15.6 Å². The van der Waals surface area contributed by atoms with Crippen LogP contribution in [0, 0.1) is 6.92 Å². The number of ether oxygens (including phenoxy) is 1. The average molecular weight is 249 g/mol. The lowest BCUT2D eigenvalue weighted by Gasteiger charge is -2.23. The lowest BCUT2D eigenvalue weighted by Crippen LogP contribution is -2.45. The molecule has 1 fully saturated rings. The Morgan fingerprint density at radius 2 is 2.39 bits per heavy atom. The van der Waals surface area contributed by atoms with Gasteiger partial charge >= 0.3 is 0 Å². The number of methoxy groups -OCH3 is 1. The molecule has 0 saturated carbocycles. The quantitative estimate of drug-likeness (QED) is 0.827. The molecule has 5 heteroatoms. The van der Waals surface area contributed by atoms with Crippen molar-refractivity contribution >= 4 is 5.91 Å². The molecule has 2 heterocycles. The topological polar surface area (TPSA) is 63.2 Å². The fraction of sp³-hybridized carbons (Fsp3) is 0.538. The predicted molar refractivity (Wildman–Crippen MR) is 68.4 cm³/mol. The van der Waals surface area contributed by atoms with Gasteiger partial charge in [0.1, 0.15) is 5.75 Å². The van der Waals surface area contributed by atoms with Crippen molar-refractivity contribution in [3.8, 4) is 5.75 Å². The van der Waals surface area contributed by atoms with Crippen LogP contribution in [0.15, 0.2) is 12.1 Å². The number of rotatable bonds is 4. The molecule has 0 aliphatic carbocycles. The van der Waals surface area contributed by atoms with Gasteiger partial charge in [-0.3, -0.25) is 9.78 Å². The number of aromatic nitrogens is 1. The summed E-state index contributed by atoms with van der Waals surface area (Å²) in [6.07, 6.45) is 1.48. The second-order valence-corrected chi connectivity index (χ2v) is 4.56. The maximum atomic E-state index is 11.0. The highest BCUT2D eigenvalue weighted by Crippen LogP contribution is 2.13. The molecule has 1 aliphatic heterocycles. The fourth-order valence-electron chi connectivity index (χ4n) is 2.07. The SMILES string of the molecule is COc1cc(C)nc(CNC2CCC(=O)NC2)c1. The van der Waals surface area contributed by atoms with Gasteiger partial charge in [0.05, 0.1) is 12.8 Å². The first-order valence-corrected chi connectivity index (χ1v) is 6.19. The minimum Gasteiger partial charge on any atom is -0.497 e.